The van der Waals surface area contributed by atoms with Crippen LogP contribution in [0.15, 0.2) is 0 Å². The molecule has 0 aliphatic heterocycles. The maximum absolute atomic E-state index is 4.59. The number of aromatic nitrogens is 1. The van der Waals surface area contributed by atoms with Crippen LogP contribution >= 0.6 is 27.3 Å². The van der Waals surface area contributed by atoms with Crippen LogP contribution in [-0.2, 0) is 0 Å². The highest BCUT2D eigenvalue weighted by atomic mass is 79.9. The van der Waals surface area contributed by atoms with Crippen molar-refractivity contribution in [3.05, 3.63) is 15.6 Å². The quantitative estimate of drug-likeness (QED) is 0.732. The SMILES string of the molecule is Cc1nc(C(Br)C2(C)CC2)sc1C. The number of alkyl halides is 1. The van der Waals surface area contributed by atoms with E-state index in [0.29, 0.717) is 10.2 Å². The number of halogens is 1. The van der Waals surface area contributed by atoms with Crippen molar-refractivity contribution in [3.8, 4) is 0 Å². The van der Waals surface area contributed by atoms with Gasteiger partial charge in [-0.1, -0.05) is 22.9 Å². The Hall–Kier alpha value is 0.110. The molecule has 0 aromatic carbocycles. The molecule has 13 heavy (non-hydrogen) atoms. The van der Waals surface area contributed by atoms with Crippen LogP contribution in [0.1, 0.15) is 40.2 Å². The summed E-state index contributed by atoms with van der Waals surface area (Å²) in [5.41, 5.74) is 1.67. The van der Waals surface area contributed by atoms with Crippen LogP contribution in [0, 0.1) is 19.3 Å². The molecule has 0 saturated heterocycles. The van der Waals surface area contributed by atoms with Gasteiger partial charge in [0.2, 0.25) is 0 Å². The number of nitrogens with zero attached hydrogens (tertiary/aromatic N) is 1. The lowest BCUT2D eigenvalue weighted by molar-refractivity contribution is 0.562. The molecule has 0 radical (unpaired) electrons. The molecule has 0 bridgehead atoms. The predicted octanol–water partition coefficient (Wildman–Crippen LogP) is 4.00. The standard InChI is InChI=1S/C10H14BrNS/c1-6-7(2)13-9(12-6)8(11)10(3)4-5-10/h8H,4-5H2,1-3H3. The molecule has 1 atom stereocenters. The van der Waals surface area contributed by atoms with Crippen LogP contribution < -0.4 is 0 Å². The highest BCUT2D eigenvalue weighted by Crippen LogP contribution is 2.58. The molecule has 0 spiro atoms. The molecule has 1 saturated carbocycles. The Morgan fingerprint density at radius 2 is 2.08 bits per heavy atom. The molecule has 1 aliphatic carbocycles. The largest absolute Gasteiger partial charge is 0.245 e. The molecule has 1 fully saturated rings. The number of rotatable bonds is 2. The zero-order valence-corrected chi connectivity index (χ0v) is 10.6. The summed E-state index contributed by atoms with van der Waals surface area (Å²) in [6.07, 6.45) is 2.67. The minimum atomic E-state index is 0.470. The monoisotopic (exact) mass is 259 g/mol. The predicted molar refractivity (Wildman–Crippen MR) is 60.6 cm³/mol. The number of hydrogen-bond acceptors (Lipinski definition) is 2. The first kappa shape index (κ1) is 9.66. The summed E-state index contributed by atoms with van der Waals surface area (Å²) in [6.45, 7) is 6.56. The first-order chi connectivity index (χ1) is 6.03. The van der Waals surface area contributed by atoms with Gasteiger partial charge in [0.25, 0.3) is 0 Å². The number of aryl methyl sites for hydroxylation is 2. The first-order valence-corrected chi connectivity index (χ1v) is 6.34. The Morgan fingerprint density at radius 1 is 1.46 bits per heavy atom. The van der Waals surface area contributed by atoms with E-state index in [9.17, 15) is 0 Å². The fourth-order valence-electron chi connectivity index (χ4n) is 1.35. The van der Waals surface area contributed by atoms with E-state index in [2.05, 4.69) is 41.7 Å². The summed E-state index contributed by atoms with van der Waals surface area (Å²) in [5.74, 6) is 0. The second-order valence-corrected chi connectivity index (χ2v) is 6.36. The lowest BCUT2D eigenvalue weighted by Crippen LogP contribution is -2.02. The van der Waals surface area contributed by atoms with E-state index in [0.717, 1.165) is 0 Å². The van der Waals surface area contributed by atoms with E-state index in [4.69, 9.17) is 0 Å². The maximum Gasteiger partial charge on any atom is 0.107 e. The Kier molecular flexibility index (Phi) is 2.27. The van der Waals surface area contributed by atoms with Crippen molar-refractivity contribution in [1.82, 2.24) is 4.98 Å². The minimum absolute atomic E-state index is 0.470. The Bertz CT molecular complexity index is 308. The summed E-state index contributed by atoms with van der Waals surface area (Å²) in [7, 11) is 0. The van der Waals surface area contributed by atoms with Crippen molar-refractivity contribution in [3.63, 3.8) is 0 Å². The molecule has 1 nitrogen and oxygen atoms in total. The van der Waals surface area contributed by atoms with Gasteiger partial charge in [-0.25, -0.2) is 4.98 Å². The molecule has 72 valence electrons. The van der Waals surface area contributed by atoms with Crippen molar-refractivity contribution < 1.29 is 0 Å². The van der Waals surface area contributed by atoms with Gasteiger partial charge < -0.3 is 0 Å². The minimum Gasteiger partial charge on any atom is -0.245 e. The van der Waals surface area contributed by atoms with Gasteiger partial charge in [-0.05, 0) is 32.1 Å². The van der Waals surface area contributed by atoms with E-state index in [-0.39, 0.29) is 0 Å². The normalized spacial score (nSPS) is 21.5. The van der Waals surface area contributed by atoms with Crippen LogP contribution in [0.4, 0.5) is 0 Å². The molecule has 1 aromatic rings. The van der Waals surface area contributed by atoms with Gasteiger partial charge in [0.1, 0.15) is 5.01 Å². The molecular formula is C10H14BrNS. The van der Waals surface area contributed by atoms with Crippen LogP contribution in [0.25, 0.3) is 0 Å². The van der Waals surface area contributed by atoms with E-state index >= 15 is 0 Å². The van der Waals surface area contributed by atoms with Crippen molar-refractivity contribution >= 4 is 27.3 Å². The highest BCUT2D eigenvalue weighted by Gasteiger charge is 2.45. The third-order valence-electron chi connectivity index (χ3n) is 2.91. The third kappa shape index (κ3) is 1.68. The summed E-state index contributed by atoms with van der Waals surface area (Å²) < 4.78 is 0. The molecule has 1 unspecified atom stereocenters. The zero-order valence-electron chi connectivity index (χ0n) is 8.22. The Balaban J connectivity index is 2.25. The van der Waals surface area contributed by atoms with Crippen LogP contribution in [0.2, 0.25) is 0 Å². The Morgan fingerprint density at radius 3 is 2.46 bits per heavy atom. The second-order valence-electron chi connectivity index (χ2n) is 4.21. The molecule has 1 heterocycles. The van der Waals surface area contributed by atoms with E-state index < -0.39 is 0 Å². The van der Waals surface area contributed by atoms with Gasteiger partial charge in [-0.15, -0.1) is 11.3 Å². The average Bonchev–Trinajstić information content (AvgIpc) is 2.74. The summed E-state index contributed by atoms with van der Waals surface area (Å²) >= 11 is 5.60. The van der Waals surface area contributed by atoms with Crippen LogP contribution in [0.3, 0.4) is 0 Å². The van der Waals surface area contributed by atoms with Gasteiger partial charge >= 0.3 is 0 Å². The van der Waals surface area contributed by atoms with Gasteiger partial charge in [0.05, 0.1) is 10.5 Å². The molecule has 3 heteroatoms. The molecule has 0 N–H and O–H groups in total. The molecule has 1 aliphatic rings. The topological polar surface area (TPSA) is 12.9 Å². The Labute approximate surface area is 91.7 Å². The third-order valence-corrected chi connectivity index (χ3v) is 5.89. The molecule has 2 rings (SSSR count). The van der Waals surface area contributed by atoms with Crippen molar-refractivity contribution in [2.45, 2.75) is 38.4 Å². The molecular weight excluding hydrogens is 246 g/mol. The molecule has 1 aromatic heterocycles. The van der Waals surface area contributed by atoms with E-state index in [1.54, 1.807) is 0 Å². The molecule has 0 amide bonds. The summed E-state index contributed by atoms with van der Waals surface area (Å²) in [4.78, 5) is 6.41. The fourth-order valence-corrected chi connectivity index (χ4v) is 3.27. The van der Waals surface area contributed by atoms with E-state index in [1.807, 2.05) is 11.3 Å². The maximum atomic E-state index is 4.59. The highest BCUT2D eigenvalue weighted by molar-refractivity contribution is 9.09. The van der Waals surface area contributed by atoms with Gasteiger partial charge in [-0.3, -0.25) is 0 Å². The first-order valence-electron chi connectivity index (χ1n) is 4.61. The summed E-state index contributed by atoms with van der Waals surface area (Å²) in [6, 6.07) is 0. The lowest BCUT2D eigenvalue weighted by Gasteiger charge is -2.13. The van der Waals surface area contributed by atoms with Crippen molar-refractivity contribution in [2.75, 3.05) is 0 Å². The summed E-state index contributed by atoms with van der Waals surface area (Å²) in [5, 5.41) is 1.26. The van der Waals surface area contributed by atoms with Gasteiger partial charge in [0.15, 0.2) is 0 Å². The second kappa shape index (κ2) is 3.06. The fraction of sp³-hybridized carbons (Fsp3) is 0.700. The smallest absolute Gasteiger partial charge is 0.107 e. The van der Waals surface area contributed by atoms with Crippen LogP contribution in [-0.4, -0.2) is 4.98 Å². The van der Waals surface area contributed by atoms with E-state index in [1.165, 1.54) is 28.4 Å². The lowest BCUT2D eigenvalue weighted by atomic mass is 10.1. The van der Waals surface area contributed by atoms with Gasteiger partial charge in [0, 0.05) is 4.88 Å². The number of hydrogen-bond donors (Lipinski definition) is 0. The number of thiazole rings is 1. The van der Waals surface area contributed by atoms with Gasteiger partial charge in [-0.2, -0.15) is 0 Å². The van der Waals surface area contributed by atoms with Crippen LogP contribution in [0.5, 0.6) is 0 Å². The van der Waals surface area contributed by atoms with Crippen molar-refractivity contribution in [1.29, 1.82) is 0 Å². The van der Waals surface area contributed by atoms with Crippen molar-refractivity contribution in [2.24, 2.45) is 5.41 Å². The average molecular weight is 260 g/mol. The zero-order chi connectivity index (χ0) is 9.64.